The summed E-state index contributed by atoms with van der Waals surface area (Å²) in [7, 11) is 0. The Bertz CT molecular complexity index is 30.6. The maximum atomic E-state index is 10.1. The molecule has 3 heteroatoms. The summed E-state index contributed by atoms with van der Waals surface area (Å²) in [6.07, 6.45) is -1.83. The summed E-state index contributed by atoms with van der Waals surface area (Å²) in [6, 6.07) is 0. The second kappa shape index (κ2) is 4.34. The van der Waals surface area contributed by atoms with Gasteiger partial charge in [0.25, 0.3) is 6.08 Å². The molecule has 0 N–H and O–H groups in total. The summed E-state index contributed by atoms with van der Waals surface area (Å²) in [5.41, 5.74) is 0. The molecule has 0 aliphatic carbocycles. The molecule has 0 aliphatic heterocycles. The van der Waals surface area contributed by atoms with Gasteiger partial charge in [-0.2, -0.15) is 8.78 Å². The molecular weight excluding hydrogens is 259 g/mol. The summed E-state index contributed by atoms with van der Waals surface area (Å²) in [5, 5.41) is 0. The topological polar surface area (TPSA) is 0 Å². The maximum Gasteiger partial charge on any atom is 0.263 e. The molecule has 0 saturated heterocycles. The van der Waals surface area contributed by atoms with Crippen LogP contribution in [0.3, 0.4) is 0 Å². The second-order valence-corrected chi connectivity index (χ2v) is 0.339. The summed E-state index contributed by atoms with van der Waals surface area (Å²) in [6.45, 7) is 2.22. The Kier molecular flexibility index (Phi) is 7.83. The Balaban J connectivity index is 0. The van der Waals surface area contributed by atoms with Crippen molar-refractivity contribution in [3.05, 3.63) is 12.7 Å². The van der Waals surface area contributed by atoms with Gasteiger partial charge >= 0.3 is 0 Å². The van der Waals surface area contributed by atoms with Gasteiger partial charge in [0.15, 0.2) is 0 Å². The molecular formula is C2H2AuF2. The van der Waals surface area contributed by atoms with Crippen molar-refractivity contribution in [3.8, 4) is 0 Å². The Morgan fingerprint density at radius 2 is 1.40 bits per heavy atom. The van der Waals surface area contributed by atoms with Crippen LogP contribution in [0, 0.1) is 0 Å². The van der Waals surface area contributed by atoms with E-state index < -0.39 is 6.08 Å². The molecule has 0 aromatic rings. The summed E-state index contributed by atoms with van der Waals surface area (Å²) < 4.78 is 20.3. The van der Waals surface area contributed by atoms with Gasteiger partial charge < -0.3 is 0 Å². The first kappa shape index (κ1) is 9.02. The molecule has 0 atom stereocenters. The molecule has 0 aromatic heterocycles. The minimum Gasteiger partial charge on any atom is -0.174 e. The van der Waals surface area contributed by atoms with Crippen molar-refractivity contribution < 1.29 is 31.2 Å². The van der Waals surface area contributed by atoms with Gasteiger partial charge in [0, 0.05) is 22.4 Å². The zero-order valence-electron chi connectivity index (χ0n) is 2.26. The Morgan fingerprint density at radius 1 is 1.40 bits per heavy atom. The van der Waals surface area contributed by atoms with Gasteiger partial charge in [0.2, 0.25) is 0 Å². The molecule has 0 heterocycles. The molecule has 0 unspecified atom stereocenters. The van der Waals surface area contributed by atoms with Crippen molar-refractivity contribution in [2.75, 3.05) is 0 Å². The molecule has 1 radical (unpaired) electrons. The zero-order valence-corrected chi connectivity index (χ0v) is 4.43. The third-order valence-electron chi connectivity index (χ3n) is 0. The molecule has 0 amide bonds. The fourth-order valence-corrected chi connectivity index (χ4v) is 0. The zero-order chi connectivity index (χ0) is 3.58. The Morgan fingerprint density at radius 3 is 1.40 bits per heavy atom. The first-order valence-electron chi connectivity index (χ1n) is 0.732. The van der Waals surface area contributed by atoms with Gasteiger partial charge in [-0.3, -0.25) is 0 Å². The van der Waals surface area contributed by atoms with Gasteiger partial charge in [0.05, 0.1) is 0 Å². The summed E-state index contributed by atoms with van der Waals surface area (Å²) in [5.74, 6) is 0. The molecule has 0 aromatic carbocycles. The normalized spacial score (nSPS) is 5.20. The van der Waals surface area contributed by atoms with Crippen LogP contribution in [0.25, 0.3) is 0 Å². The first-order chi connectivity index (χ1) is 1.73. The monoisotopic (exact) mass is 261 g/mol. The van der Waals surface area contributed by atoms with Gasteiger partial charge in [0.1, 0.15) is 0 Å². The minimum absolute atomic E-state index is 0. The number of rotatable bonds is 0. The molecule has 0 rings (SSSR count). The Hall–Kier alpha value is 0.340. The molecule has 0 fully saturated rings. The van der Waals surface area contributed by atoms with Crippen LogP contribution >= 0.6 is 0 Å². The standard InChI is InChI=1S/C2H2F2.Au/c1-2(3)4;/h1H2;. The van der Waals surface area contributed by atoms with E-state index in [0.29, 0.717) is 0 Å². The van der Waals surface area contributed by atoms with Crippen LogP contribution < -0.4 is 0 Å². The molecule has 0 aliphatic rings. The van der Waals surface area contributed by atoms with Crippen LogP contribution in [0.15, 0.2) is 12.7 Å². The second-order valence-electron chi connectivity index (χ2n) is 0.339. The van der Waals surface area contributed by atoms with Gasteiger partial charge in [-0.25, -0.2) is 0 Å². The molecule has 0 nitrogen and oxygen atoms in total. The van der Waals surface area contributed by atoms with E-state index in [-0.39, 0.29) is 22.4 Å². The van der Waals surface area contributed by atoms with Crippen LogP contribution in [0.1, 0.15) is 0 Å². The number of halogens is 2. The van der Waals surface area contributed by atoms with E-state index in [4.69, 9.17) is 0 Å². The molecule has 0 spiro atoms. The van der Waals surface area contributed by atoms with E-state index in [1.807, 2.05) is 0 Å². The minimum atomic E-state index is -1.83. The molecule has 35 valence electrons. The van der Waals surface area contributed by atoms with Gasteiger partial charge in [-0.15, -0.1) is 0 Å². The van der Waals surface area contributed by atoms with E-state index in [0.717, 1.165) is 0 Å². The fraction of sp³-hybridized carbons (Fsp3) is 0. The maximum absolute atomic E-state index is 10.1. The van der Waals surface area contributed by atoms with E-state index in [9.17, 15) is 8.78 Å². The summed E-state index contributed by atoms with van der Waals surface area (Å²) >= 11 is 0. The third kappa shape index (κ3) is 205. The van der Waals surface area contributed by atoms with Crippen molar-refractivity contribution in [2.24, 2.45) is 0 Å². The van der Waals surface area contributed by atoms with Crippen LogP contribution in [-0.4, -0.2) is 0 Å². The number of hydrogen-bond donors (Lipinski definition) is 0. The average Bonchev–Trinajstić information content (AvgIpc) is 0.811. The first-order valence-corrected chi connectivity index (χ1v) is 0.732. The van der Waals surface area contributed by atoms with Crippen molar-refractivity contribution in [3.63, 3.8) is 0 Å². The summed E-state index contributed by atoms with van der Waals surface area (Å²) in [4.78, 5) is 0. The van der Waals surface area contributed by atoms with Gasteiger partial charge in [-0.1, -0.05) is 0 Å². The Labute approximate surface area is 44.4 Å². The van der Waals surface area contributed by atoms with E-state index in [1.54, 1.807) is 0 Å². The van der Waals surface area contributed by atoms with Crippen molar-refractivity contribution in [1.82, 2.24) is 0 Å². The largest absolute Gasteiger partial charge is 0.263 e. The SMILES string of the molecule is C=C(F)F.[Au]. The van der Waals surface area contributed by atoms with E-state index in [1.165, 1.54) is 0 Å². The smallest absolute Gasteiger partial charge is 0.174 e. The van der Waals surface area contributed by atoms with Crippen molar-refractivity contribution in [2.45, 2.75) is 0 Å². The van der Waals surface area contributed by atoms with Crippen LogP contribution in [0.5, 0.6) is 0 Å². The van der Waals surface area contributed by atoms with Crippen LogP contribution in [-0.2, 0) is 22.4 Å². The number of hydrogen-bond acceptors (Lipinski definition) is 0. The third-order valence-corrected chi connectivity index (χ3v) is 0. The van der Waals surface area contributed by atoms with E-state index >= 15 is 0 Å². The molecule has 5 heavy (non-hydrogen) atoms. The fourth-order valence-electron chi connectivity index (χ4n) is 0. The predicted molar refractivity (Wildman–Crippen MR) is 11.4 cm³/mol. The van der Waals surface area contributed by atoms with Crippen molar-refractivity contribution >= 4 is 0 Å². The van der Waals surface area contributed by atoms with Crippen LogP contribution in [0.2, 0.25) is 0 Å². The quantitative estimate of drug-likeness (QED) is 0.578. The molecule has 0 saturated carbocycles. The van der Waals surface area contributed by atoms with Crippen molar-refractivity contribution in [1.29, 1.82) is 0 Å². The molecule has 0 bridgehead atoms. The van der Waals surface area contributed by atoms with Gasteiger partial charge in [-0.05, 0) is 6.58 Å². The van der Waals surface area contributed by atoms with E-state index in [2.05, 4.69) is 6.58 Å². The van der Waals surface area contributed by atoms with Crippen LogP contribution in [0.4, 0.5) is 8.78 Å². The predicted octanol–water partition coefficient (Wildman–Crippen LogP) is 1.39. The average molecular weight is 261 g/mol.